The minimum Gasteiger partial charge on any atom is -0.495 e. The molecule has 3 nitrogen and oxygen atoms in total. The van der Waals surface area contributed by atoms with Gasteiger partial charge in [0.25, 0.3) is 0 Å². The first-order chi connectivity index (χ1) is 9.01. The van der Waals surface area contributed by atoms with Gasteiger partial charge in [-0.15, -0.1) is 0 Å². The molecule has 106 valence electrons. The second-order valence-electron chi connectivity index (χ2n) is 5.09. The zero-order valence-electron chi connectivity index (χ0n) is 11.2. The van der Waals surface area contributed by atoms with Crippen molar-refractivity contribution >= 4 is 23.2 Å². The summed E-state index contributed by atoms with van der Waals surface area (Å²) in [5, 5.41) is 10.7. The highest BCUT2D eigenvalue weighted by atomic mass is 35.5. The van der Waals surface area contributed by atoms with E-state index in [-0.39, 0.29) is 6.10 Å². The molecule has 1 atom stereocenters. The van der Waals surface area contributed by atoms with Gasteiger partial charge in [0.05, 0.1) is 18.2 Å². The highest BCUT2D eigenvalue weighted by Gasteiger charge is 2.30. The van der Waals surface area contributed by atoms with Crippen LogP contribution in [0.5, 0.6) is 5.75 Å². The Morgan fingerprint density at radius 1 is 1.42 bits per heavy atom. The molecule has 0 radical (unpaired) electrons. The number of benzene rings is 1. The van der Waals surface area contributed by atoms with Crippen LogP contribution in [-0.4, -0.2) is 35.8 Å². The molecule has 1 aliphatic rings. The van der Waals surface area contributed by atoms with E-state index < -0.39 is 0 Å². The van der Waals surface area contributed by atoms with Crippen LogP contribution < -0.4 is 4.74 Å². The minimum atomic E-state index is -0.346. The van der Waals surface area contributed by atoms with Crippen molar-refractivity contribution in [3.63, 3.8) is 0 Å². The Labute approximate surface area is 124 Å². The fourth-order valence-corrected chi connectivity index (χ4v) is 2.91. The smallest absolute Gasteiger partial charge is 0.142 e. The third-order valence-corrected chi connectivity index (χ3v) is 3.72. The molecular formula is C14H19Cl2NO2. The molecule has 0 aliphatic heterocycles. The standard InChI is InChI=1S/C14H19Cl2NO2/c1-9(18)7-17(12-3-4-12)8-10-5-11(15)6-13(16)14(10)19-2/h5-6,9,12,18H,3-4,7-8H2,1-2H3/t9-/m0/s1. The van der Waals surface area contributed by atoms with Gasteiger partial charge in [0.15, 0.2) is 0 Å². The van der Waals surface area contributed by atoms with Crippen LogP contribution in [0.15, 0.2) is 12.1 Å². The summed E-state index contributed by atoms with van der Waals surface area (Å²) in [7, 11) is 1.61. The molecule has 2 rings (SSSR count). The number of ether oxygens (including phenoxy) is 1. The maximum Gasteiger partial charge on any atom is 0.142 e. The van der Waals surface area contributed by atoms with Gasteiger partial charge in [-0.3, -0.25) is 4.90 Å². The van der Waals surface area contributed by atoms with Crippen LogP contribution in [0, 0.1) is 0 Å². The first kappa shape index (κ1) is 14.9. The van der Waals surface area contributed by atoms with Crippen molar-refractivity contribution in [1.82, 2.24) is 4.90 Å². The Morgan fingerprint density at radius 3 is 2.63 bits per heavy atom. The average molecular weight is 304 g/mol. The summed E-state index contributed by atoms with van der Waals surface area (Å²) in [6.45, 7) is 3.15. The Hall–Kier alpha value is -0.480. The van der Waals surface area contributed by atoms with Crippen LogP contribution in [0.1, 0.15) is 25.3 Å². The lowest BCUT2D eigenvalue weighted by molar-refractivity contribution is 0.117. The molecule has 19 heavy (non-hydrogen) atoms. The van der Waals surface area contributed by atoms with Crippen molar-refractivity contribution in [3.05, 3.63) is 27.7 Å². The van der Waals surface area contributed by atoms with Crippen LogP contribution in [0.4, 0.5) is 0 Å². The number of halogens is 2. The van der Waals surface area contributed by atoms with Crippen LogP contribution in [0.3, 0.4) is 0 Å². The van der Waals surface area contributed by atoms with Crippen LogP contribution in [-0.2, 0) is 6.54 Å². The molecule has 1 N–H and O–H groups in total. The van der Waals surface area contributed by atoms with Crippen molar-refractivity contribution in [2.45, 2.75) is 38.5 Å². The number of nitrogens with zero attached hydrogens (tertiary/aromatic N) is 1. The van der Waals surface area contributed by atoms with Gasteiger partial charge >= 0.3 is 0 Å². The second kappa shape index (κ2) is 6.31. The fourth-order valence-electron chi connectivity index (χ4n) is 2.30. The molecule has 1 aliphatic carbocycles. The number of hydrogen-bond acceptors (Lipinski definition) is 3. The summed E-state index contributed by atoms with van der Waals surface area (Å²) in [4.78, 5) is 2.26. The zero-order chi connectivity index (χ0) is 14.0. The van der Waals surface area contributed by atoms with Gasteiger partial charge in [-0.25, -0.2) is 0 Å². The van der Waals surface area contributed by atoms with E-state index in [0.717, 1.165) is 5.56 Å². The van der Waals surface area contributed by atoms with E-state index in [4.69, 9.17) is 27.9 Å². The molecule has 0 spiro atoms. The third-order valence-electron chi connectivity index (χ3n) is 3.22. The van der Waals surface area contributed by atoms with Crippen molar-refractivity contribution < 1.29 is 9.84 Å². The molecule has 0 unspecified atom stereocenters. The van der Waals surface area contributed by atoms with Crippen molar-refractivity contribution in [2.75, 3.05) is 13.7 Å². The Morgan fingerprint density at radius 2 is 2.11 bits per heavy atom. The highest BCUT2D eigenvalue weighted by Crippen LogP contribution is 2.35. The topological polar surface area (TPSA) is 32.7 Å². The molecule has 1 saturated carbocycles. The van der Waals surface area contributed by atoms with Gasteiger partial charge in [0.1, 0.15) is 5.75 Å². The van der Waals surface area contributed by atoms with Crippen LogP contribution in [0.25, 0.3) is 0 Å². The Kier molecular flexibility index (Phi) is 4.96. The van der Waals surface area contributed by atoms with Crippen LogP contribution >= 0.6 is 23.2 Å². The highest BCUT2D eigenvalue weighted by molar-refractivity contribution is 6.35. The Balaban J connectivity index is 2.20. The lowest BCUT2D eigenvalue weighted by atomic mass is 10.1. The zero-order valence-corrected chi connectivity index (χ0v) is 12.7. The SMILES string of the molecule is COc1c(Cl)cc(Cl)cc1CN(C[C@H](C)O)C1CC1. The van der Waals surface area contributed by atoms with Gasteiger partial charge in [0, 0.05) is 29.7 Å². The number of rotatable bonds is 6. The van der Waals surface area contributed by atoms with E-state index in [9.17, 15) is 5.11 Å². The monoisotopic (exact) mass is 303 g/mol. The molecule has 0 aromatic heterocycles. The summed E-state index contributed by atoms with van der Waals surface area (Å²) < 4.78 is 5.36. The fraction of sp³-hybridized carbons (Fsp3) is 0.571. The molecular weight excluding hydrogens is 285 g/mol. The van der Waals surface area contributed by atoms with Gasteiger partial charge in [0.2, 0.25) is 0 Å². The summed E-state index contributed by atoms with van der Waals surface area (Å²) in [6.07, 6.45) is 2.02. The predicted octanol–water partition coefficient (Wildman–Crippen LogP) is 3.35. The lowest BCUT2D eigenvalue weighted by Gasteiger charge is -2.24. The van der Waals surface area contributed by atoms with Crippen molar-refractivity contribution in [3.8, 4) is 5.75 Å². The molecule has 0 bridgehead atoms. The third kappa shape index (κ3) is 3.99. The lowest BCUT2D eigenvalue weighted by Crippen LogP contribution is -2.32. The first-order valence-electron chi connectivity index (χ1n) is 6.45. The maximum absolute atomic E-state index is 9.59. The Bertz CT molecular complexity index is 447. The summed E-state index contributed by atoms with van der Waals surface area (Å²) in [5.74, 6) is 0.669. The maximum atomic E-state index is 9.59. The van der Waals surface area contributed by atoms with E-state index in [1.54, 1.807) is 20.1 Å². The summed E-state index contributed by atoms with van der Waals surface area (Å²) in [6, 6.07) is 4.11. The molecule has 0 saturated heterocycles. The first-order valence-corrected chi connectivity index (χ1v) is 7.21. The van der Waals surface area contributed by atoms with Gasteiger partial charge in [-0.05, 0) is 31.9 Å². The number of methoxy groups -OCH3 is 1. The van der Waals surface area contributed by atoms with E-state index in [0.29, 0.717) is 34.9 Å². The van der Waals surface area contributed by atoms with Gasteiger partial charge in [-0.2, -0.15) is 0 Å². The number of hydrogen-bond donors (Lipinski definition) is 1. The van der Waals surface area contributed by atoms with Gasteiger partial charge < -0.3 is 9.84 Å². The van der Waals surface area contributed by atoms with E-state index in [1.807, 2.05) is 6.07 Å². The van der Waals surface area contributed by atoms with E-state index in [2.05, 4.69) is 4.90 Å². The second-order valence-corrected chi connectivity index (χ2v) is 5.93. The average Bonchev–Trinajstić information content (AvgIpc) is 3.10. The van der Waals surface area contributed by atoms with Gasteiger partial charge in [-0.1, -0.05) is 23.2 Å². The molecule has 0 heterocycles. The van der Waals surface area contributed by atoms with Crippen molar-refractivity contribution in [2.24, 2.45) is 0 Å². The molecule has 0 amide bonds. The summed E-state index contributed by atoms with van der Waals surface area (Å²) >= 11 is 12.2. The quantitative estimate of drug-likeness (QED) is 0.875. The number of aliphatic hydroxyl groups is 1. The largest absolute Gasteiger partial charge is 0.495 e. The molecule has 1 aromatic rings. The van der Waals surface area contributed by atoms with E-state index in [1.165, 1.54) is 12.8 Å². The normalized spacial score (nSPS) is 16.7. The molecule has 1 fully saturated rings. The van der Waals surface area contributed by atoms with Crippen LogP contribution in [0.2, 0.25) is 10.0 Å². The van der Waals surface area contributed by atoms with Crippen molar-refractivity contribution in [1.29, 1.82) is 0 Å². The van der Waals surface area contributed by atoms with E-state index >= 15 is 0 Å². The summed E-state index contributed by atoms with van der Waals surface area (Å²) in [5.41, 5.74) is 0.965. The molecule has 5 heteroatoms. The predicted molar refractivity (Wildman–Crippen MR) is 78.1 cm³/mol. The number of aliphatic hydroxyl groups excluding tert-OH is 1. The minimum absolute atomic E-state index is 0.346. The molecule has 1 aromatic carbocycles.